The van der Waals surface area contributed by atoms with Crippen molar-refractivity contribution in [3.8, 4) is 0 Å². The zero-order valence-electron chi connectivity index (χ0n) is 9.82. The van der Waals surface area contributed by atoms with Gasteiger partial charge in [0, 0.05) is 12.8 Å². The number of rotatable bonds is 4. The molecule has 0 bridgehead atoms. The highest BCUT2D eigenvalue weighted by molar-refractivity contribution is 5.81. The van der Waals surface area contributed by atoms with Crippen LogP contribution in [0, 0.1) is 23.7 Å². The standard InChI is InChI=1S/C13H20O3/c1-2-3-11(13(15)16)10-5-4-8-6-9(14)7-12(8)10/h8,10-12H,2-7H2,1H3,(H,15,16). The quantitative estimate of drug-likeness (QED) is 0.798. The summed E-state index contributed by atoms with van der Waals surface area (Å²) < 4.78 is 0. The van der Waals surface area contributed by atoms with Gasteiger partial charge in [-0.2, -0.15) is 0 Å². The Morgan fingerprint density at radius 3 is 2.81 bits per heavy atom. The molecule has 0 radical (unpaired) electrons. The van der Waals surface area contributed by atoms with E-state index in [-0.39, 0.29) is 11.8 Å². The number of carbonyl (C=O) groups excluding carboxylic acids is 1. The van der Waals surface area contributed by atoms with E-state index >= 15 is 0 Å². The summed E-state index contributed by atoms with van der Waals surface area (Å²) in [5.41, 5.74) is 0. The van der Waals surface area contributed by atoms with Gasteiger partial charge in [0.05, 0.1) is 5.92 Å². The second-order valence-corrected chi connectivity index (χ2v) is 5.35. The second kappa shape index (κ2) is 4.56. The van der Waals surface area contributed by atoms with Crippen LogP contribution in [0.25, 0.3) is 0 Å². The molecule has 2 aliphatic carbocycles. The maximum absolute atomic E-state index is 11.4. The molecular weight excluding hydrogens is 204 g/mol. The number of carboxylic acids is 1. The molecule has 1 N–H and O–H groups in total. The summed E-state index contributed by atoms with van der Waals surface area (Å²) in [7, 11) is 0. The van der Waals surface area contributed by atoms with Crippen LogP contribution >= 0.6 is 0 Å². The van der Waals surface area contributed by atoms with Gasteiger partial charge in [0.1, 0.15) is 5.78 Å². The average Bonchev–Trinajstić information content (AvgIpc) is 2.73. The molecule has 3 heteroatoms. The van der Waals surface area contributed by atoms with Crippen molar-refractivity contribution in [3.05, 3.63) is 0 Å². The topological polar surface area (TPSA) is 54.4 Å². The monoisotopic (exact) mass is 224 g/mol. The number of carboxylic acid groups (broad SMARTS) is 1. The third kappa shape index (κ3) is 2.00. The minimum Gasteiger partial charge on any atom is -0.481 e. The van der Waals surface area contributed by atoms with Crippen molar-refractivity contribution in [1.82, 2.24) is 0 Å². The average molecular weight is 224 g/mol. The Morgan fingerprint density at radius 1 is 1.44 bits per heavy atom. The van der Waals surface area contributed by atoms with Crippen LogP contribution in [0.3, 0.4) is 0 Å². The molecule has 0 aliphatic heterocycles. The molecule has 0 aromatic heterocycles. The number of Topliss-reactive ketones (excluding diaryl/α,β-unsaturated/α-hetero) is 1. The molecule has 0 spiro atoms. The molecule has 2 rings (SSSR count). The minimum absolute atomic E-state index is 0.217. The van der Waals surface area contributed by atoms with E-state index in [1.54, 1.807) is 0 Å². The highest BCUT2D eigenvalue weighted by Crippen LogP contribution is 2.49. The fourth-order valence-electron chi connectivity index (χ4n) is 3.73. The van der Waals surface area contributed by atoms with E-state index in [0.29, 0.717) is 30.5 Å². The lowest BCUT2D eigenvalue weighted by atomic mass is 9.80. The van der Waals surface area contributed by atoms with Crippen molar-refractivity contribution < 1.29 is 14.7 Å². The van der Waals surface area contributed by atoms with Gasteiger partial charge < -0.3 is 5.11 Å². The Morgan fingerprint density at radius 2 is 2.19 bits per heavy atom. The van der Waals surface area contributed by atoms with Gasteiger partial charge in [-0.15, -0.1) is 0 Å². The van der Waals surface area contributed by atoms with E-state index in [9.17, 15) is 14.7 Å². The molecule has 2 fully saturated rings. The Kier molecular flexibility index (Phi) is 3.31. The van der Waals surface area contributed by atoms with Crippen LogP contribution in [0.4, 0.5) is 0 Å². The summed E-state index contributed by atoms with van der Waals surface area (Å²) in [5, 5.41) is 9.27. The van der Waals surface area contributed by atoms with Crippen LogP contribution < -0.4 is 0 Å². The maximum Gasteiger partial charge on any atom is 0.306 e. The van der Waals surface area contributed by atoms with Crippen LogP contribution in [-0.2, 0) is 9.59 Å². The fourth-order valence-corrected chi connectivity index (χ4v) is 3.73. The number of hydrogen-bond donors (Lipinski definition) is 1. The molecule has 2 aliphatic rings. The Hall–Kier alpha value is -0.860. The first-order valence-electron chi connectivity index (χ1n) is 6.38. The lowest BCUT2D eigenvalue weighted by Crippen LogP contribution is -2.27. The number of ketones is 1. The predicted octanol–water partition coefficient (Wildman–Crippen LogP) is 2.49. The van der Waals surface area contributed by atoms with Crippen molar-refractivity contribution in [3.63, 3.8) is 0 Å². The lowest BCUT2D eigenvalue weighted by molar-refractivity contribution is -0.144. The smallest absolute Gasteiger partial charge is 0.306 e. The largest absolute Gasteiger partial charge is 0.481 e. The van der Waals surface area contributed by atoms with Crippen molar-refractivity contribution in [2.75, 3.05) is 0 Å². The van der Waals surface area contributed by atoms with Gasteiger partial charge in [-0.1, -0.05) is 13.3 Å². The van der Waals surface area contributed by atoms with Gasteiger partial charge in [-0.05, 0) is 37.0 Å². The molecule has 2 saturated carbocycles. The molecule has 0 aromatic carbocycles. The molecule has 4 unspecified atom stereocenters. The van der Waals surface area contributed by atoms with Crippen molar-refractivity contribution in [2.45, 2.75) is 45.4 Å². The maximum atomic E-state index is 11.4. The second-order valence-electron chi connectivity index (χ2n) is 5.35. The summed E-state index contributed by atoms with van der Waals surface area (Å²) in [6, 6.07) is 0. The van der Waals surface area contributed by atoms with Crippen molar-refractivity contribution in [2.24, 2.45) is 23.7 Å². The van der Waals surface area contributed by atoms with E-state index in [2.05, 4.69) is 0 Å². The van der Waals surface area contributed by atoms with E-state index in [1.807, 2.05) is 6.92 Å². The molecule has 90 valence electrons. The Bertz CT molecular complexity index is 298. The summed E-state index contributed by atoms with van der Waals surface area (Å²) in [5.74, 6) is 0.600. The molecule has 0 amide bonds. The molecule has 4 atom stereocenters. The summed E-state index contributed by atoms with van der Waals surface area (Å²) >= 11 is 0. The van der Waals surface area contributed by atoms with Crippen molar-refractivity contribution in [1.29, 1.82) is 0 Å². The fraction of sp³-hybridized carbons (Fsp3) is 0.846. The SMILES string of the molecule is CCCC(C(=O)O)C1CCC2CC(=O)CC21. The van der Waals surface area contributed by atoms with Crippen LogP contribution in [0.15, 0.2) is 0 Å². The first-order valence-corrected chi connectivity index (χ1v) is 6.38. The minimum atomic E-state index is -0.660. The third-order valence-corrected chi connectivity index (χ3v) is 4.41. The van der Waals surface area contributed by atoms with Crippen LogP contribution in [0.5, 0.6) is 0 Å². The molecule has 3 nitrogen and oxygen atoms in total. The number of fused-ring (bicyclic) bond motifs is 1. The van der Waals surface area contributed by atoms with Crippen LogP contribution in [0.2, 0.25) is 0 Å². The number of carbonyl (C=O) groups is 2. The van der Waals surface area contributed by atoms with Gasteiger partial charge >= 0.3 is 5.97 Å². The third-order valence-electron chi connectivity index (χ3n) is 4.41. The first-order chi connectivity index (χ1) is 7.63. The Balaban J connectivity index is 2.08. The van der Waals surface area contributed by atoms with Crippen LogP contribution in [-0.4, -0.2) is 16.9 Å². The molecule has 0 saturated heterocycles. The summed E-state index contributed by atoms with van der Waals surface area (Å²) in [6.07, 6.45) is 5.10. The molecular formula is C13H20O3. The predicted molar refractivity (Wildman–Crippen MR) is 60.0 cm³/mol. The number of aliphatic carboxylic acids is 1. The zero-order valence-corrected chi connectivity index (χ0v) is 9.82. The normalized spacial score (nSPS) is 35.1. The molecule has 0 aromatic rings. The lowest BCUT2D eigenvalue weighted by Gasteiger charge is -2.24. The highest BCUT2D eigenvalue weighted by Gasteiger charge is 2.46. The van der Waals surface area contributed by atoms with E-state index in [1.165, 1.54) is 0 Å². The zero-order chi connectivity index (χ0) is 11.7. The Labute approximate surface area is 96.2 Å². The van der Waals surface area contributed by atoms with E-state index < -0.39 is 5.97 Å². The number of hydrogen-bond acceptors (Lipinski definition) is 2. The van der Waals surface area contributed by atoms with Crippen LogP contribution in [0.1, 0.15) is 45.4 Å². The van der Waals surface area contributed by atoms with Gasteiger partial charge in [0.2, 0.25) is 0 Å². The molecule has 16 heavy (non-hydrogen) atoms. The van der Waals surface area contributed by atoms with Gasteiger partial charge in [0.15, 0.2) is 0 Å². The first kappa shape index (κ1) is 11.6. The summed E-state index contributed by atoms with van der Waals surface area (Å²) in [6.45, 7) is 2.03. The summed E-state index contributed by atoms with van der Waals surface area (Å²) in [4.78, 5) is 22.7. The van der Waals surface area contributed by atoms with Gasteiger partial charge in [-0.3, -0.25) is 9.59 Å². The van der Waals surface area contributed by atoms with Crippen molar-refractivity contribution >= 4 is 11.8 Å². The highest BCUT2D eigenvalue weighted by atomic mass is 16.4. The van der Waals surface area contributed by atoms with E-state index in [4.69, 9.17) is 0 Å². The van der Waals surface area contributed by atoms with E-state index in [0.717, 1.165) is 25.7 Å². The van der Waals surface area contributed by atoms with Gasteiger partial charge in [0.25, 0.3) is 0 Å². The van der Waals surface area contributed by atoms with Gasteiger partial charge in [-0.25, -0.2) is 0 Å². The molecule has 0 heterocycles.